The third-order valence-corrected chi connectivity index (χ3v) is 3.76. The summed E-state index contributed by atoms with van der Waals surface area (Å²) in [7, 11) is 1.97. The number of rotatable bonds is 5. The first-order chi connectivity index (χ1) is 9.10. The number of halogens is 1. The Morgan fingerprint density at radius 1 is 1.32 bits per heavy atom. The lowest BCUT2D eigenvalue weighted by Crippen LogP contribution is -2.23. The van der Waals surface area contributed by atoms with Crippen molar-refractivity contribution in [3.8, 4) is 0 Å². The molecule has 102 valence electrons. The van der Waals surface area contributed by atoms with Gasteiger partial charge in [-0.3, -0.25) is 4.68 Å². The normalized spacial score (nSPS) is 12.6. The van der Waals surface area contributed by atoms with Crippen molar-refractivity contribution in [3.63, 3.8) is 0 Å². The predicted octanol–water partition coefficient (Wildman–Crippen LogP) is 3.38. The van der Waals surface area contributed by atoms with Gasteiger partial charge in [-0.15, -0.1) is 0 Å². The molecule has 2 aromatic rings. The molecule has 0 amide bonds. The molecule has 1 aromatic heterocycles. The van der Waals surface area contributed by atoms with Gasteiger partial charge >= 0.3 is 0 Å². The zero-order valence-corrected chi connectivity index (χ0v) is 13.2. The fraction of sp³-hybridized carbons (Fsp3) is 0.400. The molecule has 0 spiro atoms. The van der Waals surface area contributed by atoms with Crippen LogP contribution >= 0.6 is 15.9 Å². The molecule has 1 N–H and O–H groups in total. The van der Waals surface area contributed by atoms with E-state index in [0.29, 0.717) is 6.04 Å². The maximum Gasteiger partial charge on any atom is 0.0641 e. The molecule has 0 aliphatic carbocycles. The summed E-state index contributed by atoms with van der Waals surface area (Å²) in [6.45, 7) is 5.16. The smallest absolute Gasteiger partial charge is 0.0641 e. The Balaban J connectivity index is 2.20. The van der Waals surface area contributed by atoms with Gasteiger partial charge in [-0.05, 0) is 37.6 Å². The monoisotopic (exact) mass is 321 g/mol. The molecule has 1 aromatic carbocycles. The Bertz CT molecular complexity index is 531. The molecule has 1 heterocycles. The van der Waals surface area contributed by atoms with Gasteiger partial charge in [0.05, 0.1) is 5.69 Å². The van der Waals surface area contributed by atoms with Gasteiger partial charge in [0.1, 0.15) is 0 Å². The van der Waals surface area contributed by atoms with Gasteiger partial charge in [0, 0.05) is 29.3 Å². The van der Waals surface area contributed by atoms with Crippen molar-refractivity contribution in [2.75, 3.05) is 6.54 Å². The Morgan fingerprint density at radius 3 is 2.53 bits per heavy atom. The number of nitrogens with zero attached hydrogens (tertiary/aromatic N) is 2. The second kappa shape index (κ2) is 6.35. The molecule has 0 radical (unpaired) electrons. The van der Waals surface area contributed by atoms with E-state index in [-0.39, 0.29) is 0 Å². The summed E-state index contributed by atoms with van der Waals surface area (Å²) < 4.78 is 3.00. The van der Waals surface area contributed by atoms with Crippen LogP contribution in [0.1, 0.15) is 29.8 Å². The minimum atomic E-state index is 0.319. The SMILES string of the molecule is CCNC(Cc1ccc(Br)cc1)c1cn(C)nc1C. The molecule has 0 saturated heterocycles. The highest BCUT2D eigenvalue weighted by Crippen LogP contribution is 2.22. The van der Waals surface area contributed by atoms with E-state index in [1.54, 1.807) is 0 Å². The minimum Gasteiger partial charge on any atom is -0.310 e. The van der Waals surface area contributed by atoms with E-state index in [0.717, 1.165) is 23.1 Å². The second-order valence-corrected chi connectivity index (χ2v) is 5.70. The molecule has 2 rings (SSSR count). The van der Waals surface area contributed by atoms with E-state index >= 15 is 0 Å². The van der Waals surface area contributed by atoms with Crippen molar-refractivity contribution in [3.05, 3.63) is 51.8 Å². The van der Waals surface area contributed by atoms with Crippen LogP contribution < -0.4 is 5.32 Å². The summed E-state index contributed by atoms with van der Waals surface area (Å²) >= 11 is 3.47. The summed E-state index contributed by atoms with van der Waals surface area (Å²) in [5, 5.41) is 7.99. The highest BCUT2D eigenvalue weighted by molar-refractivity contribution is 9.10. The first-order valence-electron chi connectivity index (χ1n) is 6.58. The van der Waals surface area contributed by atoms with Gasteiger partial charge in [-0.2, -0.15) is 5.10 Å². The molecular formula is C15H20BrN3. The lowest BCUT2D eigenvalue weighted by Gasteiger charge is -2.17. The van der Waals surface area contributed by atoms with Gasteiger partial charge in [0.15, 0.2) is 0 Å². The number of benzene rings is 1. The van der Waals surface area contributed by atoms with Crippen molar-refractivity contribution in [1.29, 1.82) is 0 Å². The Morgan fingerprint density at radius 2 is 2.00 bits per heavy atom. The molecule has 4 heteroatoms. The molecule has 19 heavy (non-hydrogen) atoms. The van der Waals surface area contributed by atoms with Crippen molar-refractivity contribution in [2.45, 2.75) is 26.3 Å². The van der Waals surface area contributed by atoms with Crippen LogP contribution in [0.4, 0.5) is 0 Å². The van der Waals surface area contributed by atoms with E-state index in [1.807, 2.05) is 11.7 Å². The zero-order chi connectivity index (χ0) is 13.8. The standard InChI is InChI=1S/C15H20BrN3/c1-4-17-15(14-10-19(3)18-11(14)2)9-12-5-7-13(16)8-6-12/h5-8,10,15,17H,4,9H2,1-3H3. The molecular weight excluding hydrogens is 302 g/mol. The fourth-order valence-corrected chi connectivity index (χ4v) is 2.62. The quantitative estimate of drug-likeness (QED) is 0.914. The molecule has 1 atom stereocenters. The Hall–Kier alpha value is -1.13. The van der Waals surface area contributed by atoms with Crippen LogP contribution in [-0.4, -0.2) is 16.3 Å². The summed E-state index contributed by atoms with van der Waals surface area (Å²) in [5.74, 6) is 0. The zero-order valence-electron chi connectivity index (χ0n) is 11.7. The summed E-state index contributed by atoms with van der Waals surface area (Å²) in [5.41, 5.74) is 3.72. The average Bonchev–Trinajstić information content (AvgIpc) is 2.71. The van der Waals surface area contributed by atoms with Gasteiger partial charge in [-0.25, -0.2) is 0 Å². The van der Waals surface area contributed by atoms with Crippen molar-refractivity contribution >= 4 is 15.9 Å². The van der Waals surface area contributed by atoms with Crippen molar-refractivity contribution in [2.24, 2.45) is 7.05 Å². The maximum atomic E-state index is 4.44. The van der Waals surface area contributed by atoms with E-state index in [1.165, 1.54) is 11.1 Å². The molecule has 0 fully saturated rings. The summed E-state index contributed by atoms with van der Waals surface area (Å²) in [4.78, 5) is 0. The van der Waals surface area contributed by atoms with E-state index in [9.17, 15) is 0 Å². The first kappa shape index (κ1) is 14.3. The van der Waals surface area contributed by atoms with Crippen LogP contribution in [0.2, 0.25) is 0 Å². The van der Waals surface area contributed by atoms with Gasteiger partial charge in [0.25, 0.3) is 0 Å². The topological polar surface area (TPSA) is 29.9 Å². The summed E-state index contributed by atoms with van der Waals surface area (Å²) in [6, 6.07) is 8.84. The third kappa shape index (κ3) is 3.67. The minimum absolute atomic E-state index is 0.319. The van der Waals surface area contributed by atoms with Gasteiger partial charge in [0.2, 0.25) is 0 Å². The van der Waals surface area contributed by atoms with Crippen LogP contribution in [0.15, 0.2) is 34.9 Å². The highest BCUT2D eigenvalue weighted by Gasteiger charge is 2.16. The van der Waals surface area contributed by atoms with E-state index in [4.69, 9.17) is 0 Å². The second-order valence-electron chi connectivity index (χ2n) is 4.78. The molecule has 3 nitrogen and oxygen atoms in total. The lowest BCUT2D eigenvalue weighted by molar-refractivity contribution is 0.547. The van der Waals surface area contributed by atoms with Crippen LogP contribution in [-0.2, 0) is 13.5 Å². The highest BCUT2D eigenvalue weighted by atomic mass is 79.9. The average molecular weight is 322 g/mol. The van der Waals surface area contributed by atoms with Gasteiger partial charge in [-0.1, -0.05) is 35.0 Å². The molecule has 0 saturated carbocycles. The molecule has 0 aliphatic rings. The number of aromatic nitrogens is 2. The summed E-state index contributed by atoms with van der Waals surface area (Å²) in [6.07, 6.45) is 3.09. The first-order valence-corrected chi connectivity index (χ1v) is 7.37. The van der Waals surface area contributed by atoms with E-state index < -0.39 is 0 Å². The van der Waals surface area contributed by atoms with Gasteiger partial charge < -0.3 is 5.32 Å². The third-order valence-electron chi connectivity index (χ3n) is 3.23. The Labute approximate surface area is 123 Å². The molecule has 0 bridgehead atoms. The van der Waals surface area contributed by atoms with Crippen LogP contribution in [0.25, 0.3) is 0 Å². The van der Waals surface area contributed by atoms with Crippen molar-refractivity contribution < 1.29 is 0 Å². The number of hydrogen-bond donors (Lipinski definition) is 1. The predicted molar refractivity (Wildman–Crippen MR) is 82.2 cm³/mol. The molecule has 1 unspecified atom stereocenters. The largest absolute Gasteiger partial charge is 0.310 e. The lowest BCUT2D eigenvalue weighted by atomic mass is 9.99. The number of aryl methyl sites for hydroxylation is 2. The number of hydrogen-bond acceptors (Lipinski definition) is 2. The molecule has 0 aliphatic heterocycles. The van der Waals surface area contributed by atoms with Crippen LogP contribution in [0, 0.1) is 6.92 Å². The van der Waals surface area contributed by atoms with Crippen LogP contribution in [0.3, 0.4) is 0 Å². The van der Waals surface area contributed by atoms with Crippen molar-refractivity contribution in [1.82, 2.24) is 15.1 Å². The number of likely N-dealkylation sites (N-methyl/N-ethyl adjacent to an activating group) is 1. The maximum absolute atomic E-state index is 4.44. The number of nitrogens with one attached hydrogen (secondary N) is 1. The van der Waals surface area contributed by atoms with Crippen LogP contribution in [0.5, 0.6) is 0 Å². The Kier molecular flexibility index (Phi) is 4.77. The fourth-order valence-electron chi connectivity index (χ4n) is 2.35. The van der Waals surface area contributed by atoms with E-state index in [2.05, 4.69) is 70.7 Å².